The molecule has 117 valence electrons. The van der Waals surface area contributed by atoms with Crippen molar-refractivity contribution in [2.45, 2.75) is 51.8 Å². The van der Waals surface area contributed by atoms with Crippen molar-refractivity contribution in [3.8, 4) is 0 Å². The van der Waals surface area contributed by atoms with Gasteiger partial charge in [-0.2, -0.15) is 0 Å². The zero-order chi connectivity index (χ0) is 14.8. The van der Waals surface area contributed by atoms with E-state index in [1.54, 1.807) is 0 Å². The number of aliphatic hydroxyl groups excluding tert-OH is 1. The molecule has 1 aromatic rings. The van der Waals surface area contributed by atoms with Gasteiger partial charge in [-0.1, -0.05) is 50.1 Å². The van der Waals surface area contributed by atoms with E-state index in [0.717, 1.165) is 24.8 Å². The molecular weight excluding hydrogens is 282 g/mol. The lowest BCUT2D eigenvalue weighted by Crippen LogP contribution is -2.19. The van der Waals surface area contributed by atoms with Crippen LogP contribution in [0.1, 0.15) is 51.7 Å². The molecule has 0 saturated heterocycles. The van der Waals surface area contributed by atoms with Crippen LogP contribution in [0.25, 0.3) is 0 Å². The van der Waals surface area contributed by atoms with Gasteiger partial charge in [-0.25, -0.2) is 0 Å². The Labute approximate surface area is 132 Å². The van der Waals surface area contributed by atoms with Crippen LogP contribution < -0.4 is 0 Å². The number of rotatable bonds is 10. The van der Waals surface area contributed by atoms with E-state index in [4.69, 9.17) is 9.05 Å². The molecule has 0 aliphatic rings. The monoisotopic (exact) mass is 309 g/mol. The van der Waals surface area contributed by atoms with Crippen molar-refractivity contribution in [1.82, 2.24) is 0 Å². The molecule has 5 heteroatoms. The lowest BCUT2D eigenvalue weighted by atomic mass is 10.0. The third-order valence-electron chi connectivity index (χ3n) is 3.14. The van der Waals surface area contributed by atoms with Gasteiger partial charge in [0.1, 0.15) is 0 Å². The van der Waals surface area contributed by atoms with Crippen LogP contribution in [0, 0.1) is 0 Å². The third-order valence-corrected chi connectivity index (χ3v) is 5.25. The van der Waals surface area contributed by atoms with Crippen LogP contribution in [0.15, 0.2) is 30.3 Å². The molecule has 1 aromatic carbocycles. The molecule has 0 aliphatic carbocycles. The van der Waals surface area contributed by atoms with Crippen molar-refractivity contribution in [2.24, 2.45) is 0 Å². The Morgan fingerprint density at radius 2 is 1.62 bits per heavy atom. The molecule has 0 spiro atoms. The first-order valence-electron chi connectivity index (χ1n) is 7.52. The van der Waals surface area contributed by atoms with Gasteiger partial charge in [0.05, 0.1) is 25.0 Å². The largest absolute Gasteiger partial charge is 0.388 e. The Bertz CT molecular complexity index is 345. The van der Waals surface area contributed by atoms with Crippen molar-refractivity contribution < 1.29 is 14.2 Å². The van der Waals surface area contributed by atoms with E-state index >= 15 is 0 Å². The van der Waals surface area contributed by atoms with E-state index in [1.807, 2.05) is 44.2 Å². The van der Waals surface area contributed by atoms with Crippen LogP contribution in [0.2, 0.25) is 0 Å². The number of aliphatic hydroxyl groups is 1. The second-order valence-electron chi connectivity index (χ2n) is 4.69. The Morgan fingerprint density at radius 3 is 2.10 bits per heavy atom. The van der Waals surface area contributed by atoms with Gasteiger partial charge in [0, 0.05) is 8.41 Å². The average molecular weight is 309 g/mol. The zero-order valence-electron chi connectivity index (χ0n) is 13.4. The van der Waals surface area contributed by atoms with Gasteiger partial charge in [-0.3, -0.25) is 0 Å². The second-order valence-corrected chi connectivity index (χ2v) is 6.44. The summed E-state index contributed by atoms with van der Waals surface area (Å²) in [4.78, 5) is 0. The van der Waals surface area contributed by atoms with Gasteiger partial charge in [0.2, 0.25) is 0 Å². The third kappa shape index (κ3) is 6.93. The summed E-state index contributed by atoms with van der Waals surface area (Å²) in [6.45, 7) is 7.35. The van der Waals surface area contributed by atoms with Crippen LogP contribution in [0.3, 0.4) is 0 Å². The SMILES string of the molecule is CCCCC(C(O)c1ccccc1)P(OCC)OCC.[B]. The Kier molecular flexibility index (Phi) is 11.9. The van der Waals surface area contributed by atoms with Crippen LogP contribution in [-0.4, -0.2) is 32.4 Å². The second kappa shape index (κ2) is 12.2. The first-order chi connectivity index (χ1) is 9.74. The van der Waals surface area contributed by atoms with Crippen LogP contribution in [-0.2, 0) is 9.05 Å². The highest BCUT2D eigenvalue weighted by Crippen LogP contribution is 2.50. The molecule has 2 unspecified atom stereocenters. The molecule has 1 N–H and O–H groups in total. The summed E-state index contributed by atoms with van der Waals surface area (Å²) < 4.78 is 11.5. The fourth-order valence-electron chi connectivity index (χ4n) is 2.15. The summed E-state index contributed by atoms with van der Waals surface area (Å²) in [5.74, 6) is 0. The fourth-order valence-corrected chi connectivity index (χ4v) is 3.91. The highest BCUT2D eigenvalue weighted by molar-refractivity contribution is 7.48. The molecule has 21 heavy (non-hydrogen) atoms. The molecule has 0 amide bonds. The quantitative estimate of drug-likeness (QED) is 0.518. The Balaban J connectivity index is 0.00000400. The summed E-state index contributed by atoms with van der Waals surface area (Å²) in [6, 6.07) is 9.81. The summed E-state index contributed by atoms with van der Waals surface area (Å²) in [6.07, 6.45) is 2.59. The van der Waals surface area contributed by atoms with Crippen molar-refractivity contribution >= 4 is 16.8 Å². The van der Waals surface area contributed by atoms with Gasteiger partial charge in [-0.15, -0.1) is 0 Å². The van der Waals surface area contributed by atoms with Crippen molar-refractivity contribution in [1.29, 1.82) is 0 Å². The number of hydrogen-bond acceptors (Lipinski definition) is 3. The van der Waals surface area contributed by atoms with E-state index in [-0.39, 0.29) is 14.1 Å². The molecule has 2 atom stereocenters. The smallest absolute Gasteiger partial charge is 0.176 e. The molecule has 0 aliphatic heterocycles. The summed E-state index contributed by atoms with van der Waals surface area (Å²) >= 11 is 0. The molecule has 0 fully saturated rings. The van der Waals surface area contributed by atoms with E-state index in [0.29, 0.717) is 13.2 Å². The van der Waals surface area contributed by atoms with Gasteiger partial charge in [0.25, 0.3) is 0 Å². The predicted octanol–water partition coefficient (Wildman–Crippen LogP) is 4.28. The highest BCUT2D eigenvalue weighted by Gasteiger charge is 2.31. The molecule has 1 rings (SSSR count). The summed E-state index contributed by atoms with van der Waals surface area (Å²) in [5, 5.41) is 10.7. The maximum Gasteiger partial charge on any atom is 0.176 e. The molecule has 0 aromatic heterocycles. The molecule has 0 heterocycles. The minimum Gasteiger partial charge on any atom is -0.388 e. The standard InChI is InChI=1S/C16H27O3P.B/c1-4-7-13-15(20(18-5-2)19-6-3)16(17)14-11-9-8-10-12-14;/h8-12,15-17H,4-7,13H2,1-3H3;. The lowest BCUT2D eigenvalue weighted by molar-refractivity contribution is 0.150. The lowest BCUT2D eigenvalue weighted by Gasteiger charge is -2.29. The van der Waals surface area contributed by atoms with Crippen molar-refractivity contribution in [3.05, 3.63) is 35.9 Å². The topological polar surface area (TPSA) is 38.7 Å². The van der Waals surface area contributed by atoms with Crippen molar-refractivity contribution in [2.75, 3.05) is 13.2 Å². The van der Waals surface area contributed by atoms with Crippen LogP contribution in [0.5, 0.6) is 0 Å². The average Bonchev–Trinajstić information content (AvgIpc) is 2.48. The summed E-state index contributed by atoms with van der Waals surface area (Å²) in [7, 11) is -1.05. The predicted molar refractivity (Wildman–Crippen MR) is 90.6 cm³/mol. The van der Waals surface area contributed by atoms with E-state index in [2.05, 4.69) is 6.92 Å². The van der Waals surface area contributed by atoms with Gasteiger partial charge in [0.15, 0.2) is 8.38 Å². The Morgan fingerprint density at radius 1 is 1.05 bits per heavy atom. The van der Waals surface area contributed by atoms with E-state index in [1.165, 1.54) is 0 Å². The number of hydrogen-bond donors (Lipinski definition) is 1. The maximum absolute atomic E-state index is 10.7. The zero-order valence-corrected chi connectivity index (χ0v) is 14.3. The first kappa shape index (κ1) is 20.6. The minimum absolute atomic E-state index is 0. The molecule has 0 bridgehead atoms. The minimum atomic E-state index is -1.05. The normalized spacial score (nSPS) is 13.8. The fraction of sp³-hybridized carbons (Fsp3) is 0.625. The van der Waals surface area contributed by atoms with E-state index in [9.17, 15) is 5.11 Å². The van der Waals surface area contributed by atoms with Crippen molar-refractivity contribution in [3.63, 3.8) is 0 Å². The summed E-state index contributed by atoms with van der Waals surface area (Å²) in [5.41, 5.74) is 0.979. The van der Waals surface area contributed by atoms with Gasteiger partial charge < -0.3 is 14.2 Å². The van der Waals surface area contributed by atoms with Gasteiger partial charge >= 0.3 is 0 Å². The highest BCUT2D eigenvalue weighted by atomic mass is 31.2. The van der Waals surface area contributed by atoms with Crippen LogP contribution >= 0.6 is 8.38 Å². The van der Waals surface area contributed by atoms with Crippen LogP contribution in [0.4, 0.5) is 0 Å². The first-order valence-corrected chi connectivity index (χ1v) is 8.77. The number of benzene rings is 1. The molecular formula is C16H27BO3P. The van der Waals surface area contributed by atoms with E-state index < -0.39 is 14.5 Å². The maximum atomic E-state index is 10.7. The Hall–Kier alpha value is -0.405. The number of unbranched alkanes of at least 4 members (excludes halogenated alkanes) is 1. The molecule has 0 saturated carbocycles. The van der Waals surface area contributed by atoms with Gasteiger partial charge in [-0.05, 0) is 25.8 Å². The molecule has 3 nitrogen and oxygen atoms in total. The molecule has 3 radical (unpaired) electrons.